The third-order valence-electron chi connectivity index (χ3n) is 4.24. The van der Waals surface area contributed by atoms with E-state index in [2.05, 4.69) is 15.7 Å². The maximum Gasteiger partial charge on any atom is 0.319 e. The lowest BCUT2D eigenvalue weighted by molar-refractivity contribution is 0.223. The lowest BCUT2D eigenvalue weighted by Gasteiger charge is -2.32. The zero-order chi connectivity index (χ0) is 16.1. The Kier molecular flexibility index (Phi) is 4.80. The number of methoxy groups -OCH3 is 1. The zero-order valence-corrected chi connectivity index (χ0v) is 13.2. The summed E-state index contributed by atoms with van der Waals surface area (Å²) in [5.74, 6) is 0.717. The number of nitrogens with one attached hydrogen (secondary N) is 2. The number of carbonyl (C=O) groups excluding carboxylic acids is 1. The molecule has 1 saturated carbocycles. The van der Waals surface area contributed by atoms with E-state index in [0.717, 1.165) is 25.0 Å². The highest BCUT2D eigenvalue weighted by Gasteiger charge is 2.28. The third kappa shape index (κ3) is 3.83. The molecule has 1 heterocycles. The number of aromatic nitrogens is 2. The molecule has 2 atom stereocenters. The molecule has 2 N–H and O–H groups in total. The van der Waals surface area contributed by atoms with Gasteiger partial charge in [0, 0.05) is 24.1 Å². The van der Waals surface area contributed by atoms with Crippen molar-refractivity contribution in [3.05, 3.63) is 42.7 Å². The fraction of sp³-hybridized carbons (Fsp3) is 0.412. The van der Waals surface area contributed by atoms with Crippen LogP contribution in [-0.2, 0) is 0 Å². The van der Waals surface area contributed by atoms with Crippen LogP contribution < -0.4 is 15.4 Å². The molecule has 0 radical (unpaired) electrons. The Bertz CT molecular complexity index is 642. The highest BCUT2D eigenvalue weighted by molar-refractivity contribution is 5.89. The van der Waals surface area contributed by atoms with Gasteiger partial charge in [0.2, 0.25) is 0 Å². The lowest BCUT2D eigenvalue weighted by atomic mass is 9.90. The summed E-state index contributed by atoms with van der Waals surface area (Å²) in [6.07, 6.45) is 8.04. The van der Waals surface area contributed by atoms with Gasteiger partial charge in [-0.3, -0.25) is 4.68 Å². The van der Waals surface area contributed by atoms with Crippen LogP contribution in [0, 0.1) is 0 Å². The first kappa shape index (κ1) is 15.4. The second kappa shape index (κ2) is 7.17. The molecule has 1 fully saturated rings. The van der Waals surface area contributed by atoms with Crippen molar-refractivity contribution in [1.29, 1.82) is 0 Å². The first-order chi connectivity index (χ1) is 11.3. The van der Waals surface area contributed by atoms with Gasteiger partial charge in [-0.05, 0) is 31.0 Å². The molecule has 1 aliphatic rings. The molecular formula is C17H22N4O2. The van der Waals surface area contributed by atoms with Crippen molar-refractivity contribution < 1.29 is 9.53 Å². The second-order valence-corrected chi connectivity index (χ2v) is 5.77. The van der Waals surface area contributed by atoms with Gasteiger partial charge >= 0.3 is 6.03 Å². The molecule has 23 heavy (non-hydrogen) atoms. The normalized spacial score (nSPS) is 20.7. The van der Waals surface area contributed by atoms with Crippen molar-refractivity contribution in [3.63, 3.8) is 0 Å². The first-order valence-corrected chi connectivity index (χ1v) is 7.97. The molecule has 0 unspecified atom stereocenters. The summed E-state index contributed by atoms with van der Waals surface area (Å²) in [5.41, 5.74) is 0.716. The van der Waals surface area contributed by atoms with Gasteiger partial charge < -0.3 is 15.4 Å². The number of ether oxygens (including phenoxy) is 1. The van der Waals surface area contributed by atoms with Crippen molar-refractivity contribution >= 4 is 11.7 Å². The highest BCUT2D eigenvalue weighted by Crippen LogP contribution is 2.28. The van der Waals surface area contributed by atoms with Crippen LogP contribution >= 0.6 is 0 Å². The Morgan fingerprint density at radius 2 is 2.17 bits per heavy atom. The van der Waals surface area contributed by atoms with Crippen LogP contribution in [0.25, 0.3) is 0 Å². The van der Waals surface area contributed by atoms with Crippen molar-refractivity contribution in [1.82, 2.24) is 15.1 Å². The largest absolute Gasteiger partial charge is 0.497 e. The molecule has 6 heteroatoms. The van der Waals surface area contributed by atoms with Crippen molar-refractivity contribution in [3.8, 4) is 5.75 Å². The monoisotopic (exact) mass is 314 g/mol. The average molecular weight is 314 g/mol. The molecule has 122 valence electrons. The number of amides is 2. The Balaban J connectivity index is 1.63. The first-order valence-electron chi connectivity index (χ1n) is 7.97. The van der Waals surface area contributed by atoms with E-state index >= 15 is 0 Å². The predicted molar refractivity (Wildman–Crippen MR) is 88.7 cm³/mol. The molecule has 0 saturated heterocycles. The molecule has 0 bridgehead atoms. The second-order valence-electron chi connectivity index (χ2n) is 5.77. The number of nitrogens with zero attached hydrogens (tertiary/aromatic N) is 2. The number of rotatable bonds is 4. The van der Waals surface area contributed by atoms with Gasteiger partial charge in [-0.2, -0.15) is 5.10 Å². The highest BCUT2D eigenvalue weighted by atomic mass is 16.5. The fourth-order valence-corrected chi connectivity index (χ4v) is 3.11. The summed E-state index contributed by atoms with van der Waals surface area (Å²) in [6, 6.07) is 9.37. The Labute approximate surface area is 135 Å². The Morgan fingerprint density at radius 1 is 1.30 bits per heavy atom. The van der Waals surface area contributed by atoms with Crippen molar-refractivity contribution in [2.24, 2.45) is 0 Å². The maximum atomic E-state index is 12.3. The lowest BCUT2D eigenvalue weighted by Crippen LogP contribution is -2.45. The molecule has 1 aromatic carbocycles. The number of carbonyl (C=O) groups is 1. The molecule has 2 aromatic rings. The molecule has 2 amide bonds. The van der Waals surface area contributed by atoms with Gasteiger partial charge in [0.1, 0.15) is 5.75 Å². The average Bonchev–Trinajstić information content (AvgIpc) is 3.10. The Morgan fingerprint density at radius 3 is 2.96 bits per heavy atom. The van der Waals surface area contributed by atoms with Gasteiger partial charge in [-0.25, -0.2) is 4.79 Å². The molecule has 1 aromatic heterocycles. The van der Waals surface area contributed by atoms with Gasteiger partial charge in [-0.1, -0.05) is 18.9 Å². The Hall–Kier alpha value is -2.50. The summed E-state index contributed by atoms with van der Waals surface area (Å²) < 4.78 is 7.12. The van der Waals surface area contributed by atoms with Crippen LogP contribution in [-0.4, -0.2) is 29.0 Å². The van der Waals surface area contributed by atoms with E-state index in [-0.39, 0.29) is 18.1 Å². The standard InChI is InChI=1S/C17H22N4O2/c1-23-14-7-4-6-13(12-14)19-17(22)20-15-8-2-3-9-16(15)21-11-5-10-18-21/h4-7,10-12,15-16H,2-3,8-9H2,1H3,(H2,19,20,22)/t15-,16-/m0/s1. The minimum atomic E-state index is -0.192. The fourth-order valence-electron chi connectivity index (χ4n) is 3.11. The van der Waals surface area contributed by atoms with Gasteiger partial charge in [-0.15, -0.1) is 0 Å². The van der Waals surface area contributed by atoms with Crippen LogP contribution in [0.2, 0.25) is 0 Å². The number of hydrogen-bond donors (Lipinski definition) is 2. The summed E-state index contributed by atoms with van der Waals surface area (Å²) in [6.45, 7) is 0. The molecular weight excluding hydrogens is 292 g/mol. The van der Waals surface area contributed by atoms with E-state index in [4.69, 9.17) is 4.74 Å². The summed E-state index contributed by atoms with van der Waals surface area (Å²) in [5, 5.41) is 10.3. The minimum Gasteiger partial charge on any atom is -0.497 e. The van der Waals surface area contributed by atoms with Crippen LogP contribution in [0.5, 0.6) is 5.75 Å². The van der Waals surface area contributed by atoms with Crippen LogP contribution in [0.3, 0.4) is 0 Å². The van der Waals surface area contributed by atoms with Gasteiger partial charge in [0.25, 0.3) is 0 Å². The maximum absolute atomic E-state index is 12.3. The van der Waals surface area contributed by atoms with Crippen LogP contribution in [0.4, 0.5) is 10.5 Å². The zero-order valence-electron chi connectivity index (χ0n) is 13.2. The van der Waals surface area contributed by atoms with Gasteiger partial charge in [0.05, 0.1) is 19.2 Å². The minimum absolute atomic E-state index is 0.0919. The molecule has 3 rings (SSSR count). The quantitative estimate of drug-likeness (QED) is 0.910. The van der Waals surface area contributed by atoms with Gasteiger partial charge in [0.15, 0.2) is 0 Å². The molecule has 0 spiro atoms. The number of anilines is 1. The summed E-state index contributed by atoms with van der Waals surface area (Å²) >= 11 is 0. The van der Waals surface area contributed by atoms with E-state index in [1.165, 1.54) is 6.42 Å². The van der Waals surface area contributed by atoms with E-state index < -0.39 is 0 Å². The predicted octanol–water partition coefficient (Wildman–Crippen LogP) is 3.20. The smallest absolute Gasteiger partial charge is 0.319 e. The van der Waals surface area contributed by atoms with Crippen LogP contribution in [0.15, 0.2) is 42.7 Å². The molecule has 6 nitrogen and oxygen atoms in total. The van der Waals surface area contributed by atoms with E-state index in [1.54, 1.807) is 19.4 Å². The topological polar surface area (TPSA) is 68.2 Å². The van der Waals surface area contributed by atoms with Crippen molar-refractivity contribution in [2.75, 3.05) is 12.4 Å². The van der Waals surface area contributed by atoms with E-state index in [1.807, 2.05) is 35.1 Å². The number of hydrogen-bond acceptors (Lipinski definition) is 3. The van der Waals surface area contributed by atoms with E-state index in [0.29, 0.717) is 5.69 Å². The third-order valence-corrected chi connectivity index (χ3v) is 4.24. The molecule has 0 aliphatic heterocycles. The summed E-state index contributed by atoms with van der Waals surface area (Å²) in [4.78, 5) is 12.3. The van der Waals surface area contributed by atoms with E-state index in [9.17, 15) is 4.79 Å². The number of urea groups is 1. The van der Waals surface area contributed by atoms with Crippen molar-refractivity contribution in [2.45, 2.75) is 37.8 Å². The number of benzene rings is 1. The molecule has 1 aliphatic carbocycles. The summed E-state index contributed by atoms with van der Waals surface area (Å²) in [7, 11) is 1.61. The van der Waals surface area contributed by atoms with Crippen LogP contribution in [0.1, 0.15) is 31.7 Å². The SMILES string of the molecule is COc1cccc(NC(=O)N[C@H]2CCCC[C@@H]2n2cccn2)c1.